The third-order valence-corrected chi connectivity index (χ3v) is 4.31. The minimum absolute atomic E-state index is 0.134. The van der Waals surface area contributed by atoms with E-state index in [-0.39, 0.29) is 5.11 Å². The second kappa shape index (κ2) is 6.05. The maximum Gasteiger partial charge on any atom is 0.192 e. The van der Waals surface area contributed by atoms with Crippen LogP contribution in [0.2, 0.25) is 0 Å². The first-order valence-electron chi connectivity index (χ1n) is 7.67. The molecule has 6 heteroatoms. The number of para-hydroxylation sites is 1. The smallest absolute Gasteiger partial charge is 0.192 e. The number of hydrogen-bond acceptors (Lipinski definition) is 4. The number of thiocarbonyl (C=S) groups is 1. The van der Waals surface area contributed by atoms with E-state index in [4.69, 9.17) is 27.4 Å². The molecule has 0 bridgehead atoms. The van der Waals surface area contributed by atoms with Gasteiger partial charge in [-0.2, -0.15) is 5.43 Å². The van der Waals surface area contributed by atoms with Crippen LogP contribution in [0, 0.1) is 0 Å². The van der Waals surface area contributed by atoms with Gasteiger partial charge in [0, 0.05) is 11.1 Å². The van der Waals surface area contributed by atoms with E-state index in [1.54, 1.807) is 7.11 Å². The largest absolute Gasteiger partial charge is 0.496 e. The molecule has 4 N–H and O–H groups in total. The lowest BCUT2D eigenvalue weighted by Gasteiger charge is -2.35. The Labute approximate surface area is 147 Å². The summed E-state index contributed by atoms with van der Waals surface area (Å²) in [7, 11) is 1.64. The Hall–Kier alpha value is -2.15. The van der Waals surface area contributed by atoms with Crippen LogP contribution in [0.1, 0.15) is 30.5 Å². The van der Waals surface area contributed by atoms with Crippen molar-refractivity contribution in [2.75, 3.05) is 7.11 Å². The molecule has 0 saturated carbocycles. The highest BCUT2D eigenvalue weighted by Gasteiger charge is 2.51. The Morgan fingerprint density at radius 2 is 1.62 bits per heavy atom. The maximum absolute atomic E-state index is 6.52. The highest BCUT2D eigenvalue weighted by atomic mass is 32.1. The van der Waals surface area contributed by atoms with Crippen LogP contribution in [0.15, 0.2) is 48.5 Å². The van der Waals surface area contributed by atoms with Crippen molar-refractivity contribution >= 4 is 17.3 Å². The lowest BCUT2D eigenvalue weighted by molar-refractivity contribution is -0.124. The predicted octanol–water partition coefficient (Wildman–Crippen LogP) is 2.50. The molecule has 2 aromatic carbocycles. The van der Waals surface area contributed by atoms with Gasteiger partial charge in [-0.1, -0.05) is 42.5 Å². The molecular weight excluding hydrogens is 322 g/mol. The molecule has 3 rings (SSSR count). The number of hydrazine groups is 1. The molecule has 2 aromatic rings. The molecule has 0 amide bonds. The van der Waals surface area contributed by atoms with Crippen molar-refractivity contribution in [2.24, 2.45) is 5.73 Å². The molecular formula is C18H21N3O2S. The molecule has 5 nitrogen and oxygen atoms in total. The monoisotopic (exact) mass is 343 g/mol. The topological polar surface area (TPSA) is 68.5 Å². The fourth-order valence-electron chi connectivity index (χ4n) is 3.25. The average molecular weight is 343 g/mol. The molecule has 0 aliphatic carbocycles. The first kappa shape index (κ1) is 16.7. The SMILES string of the molecule is COc1ccccc1[C@@]1(NNC(N)=S)OC(C)(C)c2ccccc21. The molecule has 1 aliphatic heterocycles. The molecule has 0 spiro atoms. The van der Waals surface area contributed by atoms with E-state index in [9.17, 15) is 0 Å². The Morgan fingerprint density at radius 1 is 1.04 bits per heavy atom. The zero-order valence-corrected chi connectivity index (χ0v) is 14.7. The molecule has 0 unspecified atom stereocenters. The van der Waals surface area contributed by atoms with Gasteiger partial charge >= 0.3 is 0 Å². The van der Waals surface area contributed by atoms with Crippen molar-refractivity contribution in [3.63, 3.8) is 0 Å². The van der Waals surface area contributed by atoms with Crippen LogP contribution in [0.4, 0.5) is 0 Å². The third kappa shape index (κ3) is 2.62. The predicted molar refractivity (Wildman–Crippen MR) is 97.4 cm³/mol. The van der Waals surface area contributed by atoms with Gasteiger partial charge in [0.25, 0.3) is 0 Å². The first-order valence-corrected chi connectivity index (χ1v) is 8.08. The summed E-state index contributed by atoms with van der Waals surface area (Å²) in [6, 6.07) is 15.8. The van der Waals surface area contributed by atoms with Gasteiger partial charge in [-0.15, -0.1) is 0 Å². The molecule has 1 atom stereocenters. The summed E-state index contributed by atoms with van der Waals surface area (Å²) in [5, 5.41) is 0.134. The number of fused-ring (bicyclic) bond motifs is 1. The van der Waals surface area contributed by atoms with Crippen molar-refractivity contribution in [2.45, 2.75) is 25.2 Å². The van der Waals surface area contributed by atoms with E-state index >= 15 is 0 Å². The Balaban J connectivity index is 2.24. The van der Waals surface area contributed by atoms with Crippen LogP contribution < -0.4 is 21.3 Å². The van der Waals surface area contributed by atoms with Crippen LogP contribution in [0.5, 0.6) is 5.75 Å². The summed E-state index contributed by atoms with van der Waals surface area (Å²) in [5.74, 6) is 0.710. The normalized spacial score (nSPS) is 21.1. The van der Waals surface area contributed by atoms with Gasteiger partial charge in [0.05, 0.1) is 12.7 Å². The number of nitrogens with one attached hydrogen (secondary N) is 2. The van der Waals surface area contributed by atoms with E-state index in [1.807, 2.05) is 56.3 Å². The fourth-order valence-corrected chi connectivity index (χ4v) is 3.30. The quantitative estimate of drug-likeness (QED) is 0.585. The highest BCUT2D eigenvalue weighted by molar-refractivity contribution is 7.80. The number of rotatable bonds is 4. The summed E-state index contributed by atoms with van der Waals surface area (Å²) in [5.41, 5.74) is 13.1. The molecule has 0 saturated heterocycles. The van der Waals surface area contributed by atoms with Crippen molar-refractivity contribution in [1.82, 2.24) is 10.9 Å². The van der Waals surface area contributed by atoms with Crippen molar-refractivity contribution in [3.8, 4) is 5.75 Å². The van der Waals surface area contributed by atoms with Gasteiger partial charge in [0.1, 0.15) is 5.75 Å². The summed E-state index contributed by atoms with van der Waals surface area (Å²) in [6.45, 7) is 4.07. The summed E-state index contributed by atoms with van der Waals surface area (Å²) in [6.07, 6.45) is 0. The van der Waals surface area contributed by atoms with Crippen LogP contribution in [0.3, 0.4) is 0 Å². The highest BCUT2D eigenvalue weighted by Crippen LogP contribution is 2.50. The zero-order chi connectivity index (χ0) is 17.4. The minimum atomic E-state index is -0.976. The molecule has 0 radical (unpaired) electrons. The minimum Gasteiger partial charge on any atom is -0.496 e. The van der Waals surface area contributed by atoms with Crippen molar-refractivity contribution in [3.05, 3.63) is 65.2 Å². The standard InChI is InChI=1S/C18H21N3O2S/c1-17(2)12-8-4-5-9-13(12)18(23-17,21-20-16(19)24)14-10-6-7-11-15(14)22-3/h4-11,21H,1-3H3,(H3,19,20,24)/t18-/m0/s1. The summed E-state index contributed by atoms with van der Waals surface area (Å²) >= 11 is 4.96. The number of benzene rings is 2. The second-order valence-electron chi connectivity index (χ2n) is 6.15. The van der Waals surface area contributed by atoms with Gasteiger partial charge in [0.2, 0.25) is 0 Å². The molecule has 0 fully saturated rings. The number of methoxy groups -OCH3 is 1. The molecule has 126 valence electrons. The Kier molecular flexibility index (Phi) is 4.21. The second-order valence-corrected chi connectivity index (χ2v) is 6.59. The van der Waals surface area contributed by atoms with E-state index < -0.39 is 11.3 Å². The maximum atomic E-state index is 6.52. The molecule has 24 heavy (non-hydrogen) atoms. The average Bonchev–Trinajstić information content (AvgIpc) is 2.82. The van der Waals surface area contributed by atoms with Gasteiger partial charge in [0.15, 0.2) is 10.8 Å². The van der Waals surface area contributed by atoms with E-state index in [2.05, 4.69) is 16.9 Å². The lowest BCUT2D eigenvalue weighted by Crippen LogP contribution is -2.55. The fraction of sp³-hybridized carbons (Fsp3) is 0.278. The summed E-state index contributed by atoms with van der Waals surface area (Å²) < 4.78 is 12.1. The van der Waals surface area contributed by atoms with Crippen LogP contribution in [-0.4, -0.2) is 12.2 Å². The van der Waals surface area contributed by atoms with Gasteiger partial charge in [-0.05, 0) is 37.7 Å². The lowest BCUT2D eigenvalue weighted by atomic mass is 9.89. The Morgan fingerprint density at radius 3 is 2.25 bits per heavy atom. The van der Waals surface area contributed by atoms with Gasteiger partial charge in [-0.3, -0.25) is 5.43 Å². The van der Waals surface area contributed by atoms with Gasteiger partial charge < -0.3 is 15.2 Å². The molecule has 0 aromatic heterocycles. The van der Waals surface area contributed by atoms with Gasteiger partial charge in [-0.25, -0.2) is 0 Å². The van der Waals surface area contributed by atoms with Crippen LogP contribution in [-0.2, 0) is 16.1 Å². The van der Waals surface area contributed by atoms with E-state index in [0.29, 0.717) is 5.75 Å². The number of ether oxygens (including phenoxy) is 2. The van der Waals surface area contributed by atoms with Crippen molar-refractivity contribution < 1.29 is 9.47 Å². The van der Waals surface area contributed by atoms with E-state index in [1.165, 1.54) is 0 Å². The number of hydrogen-bond donors (Lipinski definition) is 3. The van der Waals surface area contributed by atoms with Crippen molar-refractivity contribution in [1.29, 1.82) is 0 Å². The molecule has 1 aliphatic rings. The van der Waals surface area contributed by atoms with Crippen LogP contribution >= 0.6 is 12.2 Å². The first-order chi connectivity index (χ1) is 11.4. The molecule has 1 heterocycles. The third-order valence-electron chi connectivity index (χ3n) is 4.21. The summed E-state index contributed by atoms with van der Waals surface area (Å²) in [4.78, 5) is 0. The number of nitrogens with two attached hydrogens (primary N) is 1. The van der Waals surface area contributed by atoms with E-state index in [0.717, 1.165) is 16.7 Å². The van der Waals surface area contributed by atoms with Crippen LogP contribution in [0.25, 0.3) is 0 Å². The zero-order valence-electron chi connectivity index (χ0n) is 13.9. The Bertz CT molecular complexity index is 778.